The van der Waals surface area contributed by atoms with Crippen LogP contribution in [0.2, 0.25) is 0 Å². The van der Waals surface area contributed by atoms with Crippen molar-refractivity contribution in [1.29, 1.82) is 0 Å². The predicted molar refractivity (Wildman–Crippen MR) is 122 cm³/mol. The molecule has 2 bridgehead atoms. The van der Waals surface area contributed by atoms with Crippen LogP contribution in [0, 0.1) is 11.8 Å². The van der Waals surface area contributed by atoms with Gasteiger partial charge in [-0.15, -0.1) is 6.58 Å². The van der Waals surface area contributed by atoms with Gasteiger partial charge in [0.25, 0.3) is 0 Å². The number of aliphatic hydroxyl groups excluding tert-OH is 1. The van der Waals surface area contributed by atoms with Gasteiger partial charge in [0, 0.05) is 30.3 Å². The fourth-order valence-electron chi connectivity index (χ4n) is 6.08. The summed E-state index contributed by atoms with van der Waals surface area (Å²) in [5.74, 6) is 2.05. The summed E-state index contributed by atoms with van der Waals surface area (Å²) < 4.78 is 6.50. The summed E-state index contributed by atoms with van der Waals surface area (Å²) in [5, 5.41) is 12.8. The number of unbranched alkanes of at least 4 members (excludes halogenated alkanes) is 3. The maximum absolute atomic E-state index is 11.7. The maximum Gasteiger partial charge on any atom is 0.131 e. The lowest BCUT2D eigenvalue weighted by atomic mass is 9.71. The largest absolute Gasteiger partial charge is 1.00 e. The summed E-state index contributed by atoms with van der Waals surface area (Å²) in [6.07, 6.45) is 11.0. The molecule has 0 radical (unpaired) electrons. The lowest BCUT2D eigenvalue weighted by Crippen LogP contribution is -3.00. The number of nitrogens with zero attached hydrogens (tertiary/aromatic N) is 2. The van der Waals surface area contributed by atoms with Crippen LogP contribution in [0.5, 0.6) is 5.75 Å². The lowest BCUT2D eigenvalue weighted by molar-refractivity contribution is -0.973. The molecule has 3 saturated heterocycles. The van der Waals surface area contributed by atoms with Gasteiger partial charge in [-0.1, -0.05) is 25.8 Å². The Balaban J connectivity index is 0.00000272. The van der Waals surface area contributed by atoms with Gasteiger partial charge >= 0.3 is 0 Å². The Morgan fingerprint density at radius 2 is 2.13 bits per heavy atom. The molecule has 1 aromatic heterocycles. The monoisotopic (exact) mass is 488 g/mol. The minimum absolute atomic E-state index is 0. The molecule has 5 heteroatoms. The van der Waals surface area contributed by atoms with Crippen LogP contribution in [0.1, 0.15) is 57.1 Å². The smallest absolute Gasteiger partial charge is 0.131 e. The molecule has 0 aliphatic carbocycles. The van der Waals surface area contributed by atoms with Crippen molar-refractivity contribution < 1.29 is 31.3 Å². The molecule has 5 rings (SSSR count). The van der Waals surface area contributed by atoms with E-state index in [0.29, 0.717) is 11.8 Å². The molecule has 0 saturated carbocycles. The fourth-order valence-corrected chi connectivity index (χ4v) is 6.08. The third kappa shape index (κ3) is 4.69. The first-order valence-electron chi connectivity index (χ1n) is 11.7. The van der Waals surface area contributed by atoms with Gasteiger partial charge in [-0.2, -0.15) is 0 Å². The zero-order valence-corrected chi connectivity index (χ0v) is 20.6. The van der Waals surface area contributed by atoms with Gasteiger partial charge in [-0.3, -0.25) is 4.98 Å². The van der Waals surface area contributed by atoms with Gasteiger partial charge in [0.15, 0.2) is 0 Å². The Labute approximate surface area is 197 Å². The van der Waals surface area contributed by atoms with E-state index >= 15 is 0 Å². The molecule has 2 aromatic rings. The summed E-state index contributed by atoms with van der Waals surface area (Å²) >= 11 is 0. The third-order valence-electron chi connectivity index (χ3n) is 7.80. The maximum atomic E-state index is 11.7. The molecule has 1 aromatic carbocycles. The van der Waals surface area contributed by atoms with Gasteiger partial charge in [0.05, 0.1) is 32.3 Å². The average Bonchev–Trinajstić information content (AvgIpc) is 2.80. The zero-order chi connectivity index (χ0) is 21.1. The highest BCUT2D eigenvalue weighted by atomic mass is 79.9. The number of quaternary nitrogens is 1. The highest BCUT2D eigenvalue weighted by Gasteiger charge is 2.53. The Kier molecular flexibility index (Phi) is 8.17. The number of rotatable bonds is 9. The van der Waals surface area contributed by atoms with Crippen LogP contribution in [0.25, 0.3) is 10.9 Å². The molecule has 3 aliphatic rings. The molecule has 170 valence electrons. The summed E-state index contributed by atoms with van der Waals surface area (Å²) in [5.41, 5.74) is 1.92. The van der Waals surface area contributed by atoms with Crippen molar-refractivity contribution in [3.05, 3.63) is 48.7 Å². The van der Waals surface area contributed by atoms with Gasteiger partial charge < -0.3 is 31.3 Å². The Hall–Kier alpha value is -1.43. The van der Waals surface area contributed by atoms with Crippen molar-refractivity contribution in [3.63, 3.8) is 0 Å². The van der Waals surface area contributed by atoms with E-state index < -0.39 is 6.10 Å². The SMILES string of the molecule is C=CC1C[N+]2(CCCCCC)CCC1CC2C(O)c1ccnc2ccc(OC)cc12.[Br-]. The van der Waals surface area contributed by atoms with E-state index in [4.69, 9.17) is 4.74 Å². The number of hydrogen-bond donors (Lipinski definition) is 1. The molecule has 3 aliphatic heterocycles. The minimum atomic E-state index is -0.484. The van der Waals surface area contributed by atoms with Crippen molar-refractivity contribution in [3.8, 4) is 5.75 Å². The van der Waals surface area contributed by atoms with E-state index in [9.17, 15) is 5.11 Å². The number of halogens is 1. The summed E-state index contributed by atoms with van der Waals surface area (Å²) in [6.45, 7) is 9.90. The van der Waals surface area contributed by atoms with Gasteiger partial charge in [-0.05, 0) is 48.6 Å². The number of benzene rings is 1. The van der Waals surface area contributed by atoms with E-state index in [1.165, 1.54) is 45.2 Å². The van der Waals surface area contributed by atoms with Crippen LogP contribution in [0.4, 0.5) is 0 Å². The van der Waals surface area contributed by atoms with Crippen molar-refractivity contribution in [2.45, 2.75) is 57.6 Å². The topological polar surface area (TPSA) is 42.4 Å². The quantitative estimate of drug-likeness (QED) is 0.334. The first kappa shape index (κ1) is 24.2. The second-order valence-corrected chi connectivity index (χ2v) is 9.39. The predicted octanol–water partition coefficient (Wildman–Crippen LogP) is 2.27. The van der Waals surface area contributed by atoms with E-state index in [1.807, 2.05) is 30.5 Å². The van der Waals surface area contributed by atoms with Crippen molar-refractivity contribution >= 4 is 10.9 Å². The molecule has 4 heterocycles. The number of aromatic nitrogens is 1. The van der Waals surface area contributed by atoms with Crippen LogP contribution in [-0.4, -0.2) is 47.4 Å². The Morgan fingerprint density at radius 1 is 1.29 bits per heavy atom. The summed E-state index contributed by atoms with van der Waals surface area (Å²) in [6, 6.07) is 8.21. The molecular weight excluding hydrogens is 452 g/mol. The van der Waals surface area contributed by atoms with Crippen molar-refractivity contribution in [2.75, 3.05) is 26.7 Å². The number of hydrogen-bond acceptors (Lipinski definition) is 3. The first-order valence-corrected chi connectivity index (χ1v) is 11.7. The molecular formula is C26H37BrN2O2. The normalized spacial score (nSPS) is 28.2. The molecule has 4 nitrogen and oxygen atoms in total. The number of methoxy groups -OCH3 is 1. The van der Waals surface area contributed by atoms with E-state index in [0.717, 1.165) is 39.7 Å². The van der Waals surface area contributed by atoms with Gasteiger partial charge in [-0.25, -0.2) is 0 Å². The van der Waals surface area contributed by atoms with Crippen molar-refractivity contribution in [2.24, 2.45) is 11.8 Å². The second-order valence-electron chi connectivity index (χ2n) is 9.39. The molecule has 0 amide bonds. The highest BCUT2D eigenvalue weighted by Crippen LogP contribution is 2.47. The van der Waals surface area contributed by atoms with Gasteiger partial charge in [0.1, 0.15) is 17.9 Å². The van der Waals surface area contributed by atoms with Crippen LogP contribution >= 0.6 is 0 Å². The molecule has 0 spiro atoms. The standard InChI is InChI=1S/C26H37N2O2.BrH/c1-4-6-7-8-14-28-15-12-20(19(5-2)18-28)16-25(28)26(29)22-11-13-27-24-10-9-21(30-3)17-23(22)24;/h5,9-11,13,17,19-20,25-26,29H,2,4,6-8,12,14-16,18H2,1,3H3;1H/q+1;/p-1. The lowest BCUT2D eigenvalue weighted by Gasteiger charge is -2.58. The average molecular weight is 489 g/mol. The number of piperidine rings is 3. The number of aliphatic hydroxyl groups is 1. The molecule has 5 atom stereocenters. The Bertz CT molecular complexity index is 889. The van der Waals surface area contributed by atoms with Crippen LogP contribution in [0.15, 0.2) is 43.1 Å². The van der Waals surface area contributed by atoms with E-state index in [-0.39, 0.29) is 23.0 Å². The molecule has 5 unspecified atom stereocenters. The summed E-state index contributed by atoms with van der Waals surface area (Å²) in [4.78, 5) is 4.52. The van der Waals surface area contributed by atoms with Gasteiger partial charge in [0.2, 0.25) is 0 Å². The van der Waals surface area contributed by atoms with E-state index in [1.54, 1.807) is 7.11 Å². The van der Waals surface area contributed by atoms with Crippen LogP contribution in [0.3, 0.4) is 0 Å². The first-order chi connectivity index (χ1) is 14.6. The number of pyridine rings is 1. The third-order valence-corrected chi connectivity index (χ3v) is 7.80. The number of fused-ring (bicyclic) bond motifs is 4. The zero-order valence-electron chi connectivity index (χ0n) is 19.0. The molecule has 31 heavy (non-hydrogen) atoms. The minimum Gasteiger partial charge on any atom is -1.00 e. The number of ether oxygens (including phenoxy) is 1. The second kappa shape index (κ2) is 10.5. The fraction of sp³-hybridized carbons (Fsp3) is 0.577. The van der Waals surface area contributed by atoms with Crippen molar-refractivity contribution in [1.82, 2.24) is 4.98 Å². The molecule has 1 N–H and O–H groups in total. The van der Waals surface area contributed by atoms with Crippen LogP contribution in [-0.2, 0) is 0 Å². The van der Waals surface area contributed by atoms with Crippen LogP contribution < -0.4 is 21.7 Å². The Morgan fingerprint density at radius 3 is 2.87 bits per heavy atom. The van der Waals surface area contributed by atoms with E-state index in [2.05, 4.69) is 24.6 Å². The highest BCUT2D eigenvalue weighted by molar-refractivity contribution is 5.83. The molecule has 3 fully saturated rings. The summed E-state index contributed by atoms with van der Waals surface area (Å²) in [7, 11) is 1.69.